The van der Waals surface area contributed by atoms with Crippen molar-refractivity contribution in [3.8, 4) is 16.9 Å². The maximum absolute atomic E-state index is 12.8. The normalized spacial score (nSPS) is 28.4. The number of aryl methyl sites for hydroxylation is 1. The molecular formula is C28H34N2O4. The summed E-state index contributed by atoms with van der Waals surface area (Å²) in [6, 6.07) is 14.8. The van der Waals surface area contributed by atoms with E-state index in [9.17, 15) is 9.90 Å². The summed E-state index contributed by atoms with van der Waals surface area (Å²) in [4.78, 5) is 17.2. The molecule has 2 aromatic carbocycles. The summed E-state index contributed by atoms with van der Waals surface area (Å²) in [5, 5.41) is 10.5. The van der Waals surface area contributed by atoms with E-state index in [1.54, 1.807) is 7.11 Å². The van der Waals surface area contributed by atoms with Crippen molar-refractivity contribution in [3.05, 3.63) is 53.6 Å². The van der Waals surface area contributed by atoms with E-state index in [1.165, 1.54) is 11.1 Å². The molecule has 180 valence electrons. The molecule has 2 aromatic rings. The highest BCUT2D eigenvalue weighted by atomic mass is 16.7. The van der Waals surface area contributed by atoms with Gasteiger partial charge in [0.1, 0.15) is 5.75 Å². The van der Waals surface area contributed by atoms with E-state index < -0.39 is 6.09 Å². The number of fused-ring (bicyclic) bond motifs is 4. The van der Waals surface area contributed by atoms with Gasteiger partial charge in [-0.25, -0.2) is 4.79 Å². The Morgan fingerprint density at radius 2 is 1.91 bits per heavy atom. The molecule has 1 spiro atoms. The summed E-state index contributed by atoms with van der Waals surface area (Å²) in [5.74, 6) is 1.28. The summed E-state index contributed by atoms with van der Waals surface area (Å²) in [6.07, 6.45) is 5.90. The fourth-order valence-corrected chi connectivity index (χ4v) is 6.83. The first-order valence-corrected chi connectivity index (χ1v) is 12.7. The average Bonchev–Trinajstić information content (AvgIpc) is 3.65. The highest BCUT2D eigenvalue weighted by molar-refractivity contribution is 5.69. The van der Waals surface area contributed by atoms with Crippen LogP contribution in [0.25, 0.3) is 11.1 Å². The molecule has 6 nitrogen and oxygen atoms in total. The zero-order chi connectivity index (χ0) is 23.3. The Hall–Kier alpha value is -2.57. The van der Waals surface area contributed by atoms with Crippen LogP contribution in [0, 0.1) is 11.3 Å². The zero-order valence-electron chi connectivity index (χ0n) is 19.9. The SMILES string of the molecule is COCOc1cccc(-c2ccc3c(c2)CCC2(CC2)[C@@H]3N(C(=O)O)C2CN3CCC2CC3)c1. The summed E-state index contributed by atoms with van der Waals surface area (Å²) in [6.45, 7) is 3.36. The molecule has 1 unspecified atom stereocenters. The van der Waals surface area contributed by atoms with Gasteiger partial charge in [-0.1, -0.05) is 30.3 Å². The minimum atomic E-state index is -0.741. The van der Waals surface area contributed by atoms with E-state index in [-0.39, 0.29) is 24.3 Å². The number of carboxylic acid groups (broad SMARTS) is 1. The minimum absolute atomic E-state index is 0.0234. The predicted molar refractivity (Wildman–Crippen MR) is 130 cm³/mol. The molecule has 3 aliphatic heterocycles. The Kier molecular flexibility index (Phi) is 5.53. The zero-order valence-corrected chi connectivity index (χ0v) is 19.9. The molecule has 1 amide bonds. The largest absolute Gasteiger partial charge is 0.468 e. The maximum atomic E-state index is 12.8. The van der Waals surface area contributed by atoms with Crippen LogP contribution in [0.3, 0.4) is 0 Å². The molecule has 2 aliphatic carbocycles. The Morgan fingerprint density at radius 3 is 2.59 bits per heavy atom. The lowest BCUT2D eigenvalue weighted by atomic mass is 9.73. The summed E-state index contributed by atoms with van der Waals surface area (Å²) >= 11 is 0. The van der Waals surface area contributed by atoms with Crippen molar-refractivity contribution >= 4 is 6.09 Å². The summed E-state index contributed by atoms with van der Waals surface area (Å²) in [7, 11) is 1.62. The van der Waals surface area contributed by atoms with E-state index >= 15 is 0 Å². The average molecular weight is 463 g/mol. The number of hydrogen-bond acceptors (Lipinski definition) is 4. The van der Waals surface area contributed by atoms with Crippen molar-refractivity contribution in [2.24, 2.45) is 11.3 Å². The molecular weight excluding hydrogens is 428 g/mol. The van der Waals surface area contributed by atoms with Crippen LogP contribution in [0.15, 0.2) is 42.5 Å². The van der Waals surface area contributed by atoms with E-state index in [0.717, 1.165) is 75.0 Å². The van der Waals surface area contributed by atoms with Crippen molar-refractivity contribution in [1.29, 1.82) is 0 Å². The topological polar surface area (TPSA) is 62.2 Å². The van der Waals surface area contributed by atoms with Gasteiger partial charge in [-0.05, 0) is 97.3 Å². The molecule has 34 heavy (non-hydrogen) atoms. The lowest BCUT2D eigenvalue weighted by Gasteiger charge is -2.52. The second-order valence-electron chi connectivity index (χ2n) is 10.7. The highest BCUT2D eigenvalue weighted by Crippen LogP contribution is 2.63. The minimum Gasteiger partial charge on any atom is -0.468 e. The molecule has 4 fully saturated rings. The molecule has 5 aliphatic rings. The lowest BCUT2D eigenvalue weighted by Crippen LogP contribution is -2.60. The molecule has 1 N–H and O–H groups in total. The molecule has 0 aromatic heterocycles. The van der Waals surface area contributed by atoms with Gasteiger partial charge in [0.05, 0.1) is 12.1 Å². The molecule has 0 radical (unpaired) electrons. The Balaban J connectivity index is 1.35. The number of piperidine rings is 3. The third-order valence-electron chi connectivity index (χ3n) is 8.79. The van der Waals surface area contributed by atoms with E-state index in [4.69, 9.17) is 9.47 Å². The fraction of sp³-hybridized carbons (Fsp3) is 0.536. The van der Waals surface area contributed by atoms with Crippen LogP contribution in [0.4, 0.5) is 4.79 Å². The Morgan fingerprint density at radius 1 is 1.12 bits per heavy atom. The van der Waals surface area contributed by atoms with Gasteiger partial charge in [0, 0.05) is 13.7 Å². The molecule has 2 atom stereocenters. The number of rotatable bonds is 6. The third kappa shape index (κ3) is 3.77. The monoisotopic (exact) mass is 462 g/mol. The fourth-order valence-electron chi connectivity index (χ4n) is 6.83. The first-order valence-electron chi connectivity index (χ1n) is 12.7. The quantitative estimate of drug-likeness (QED) is 0.600. The standard InChI is InChI=1S/C28H34N2O4/c1-33-18-34-23-4-2-3-20(16-23)21-5-6-24-22(15-21)7-10-28(11-12-28)26(24)30(27(31)32)25-17-29-13-8-19(25)9-14-29/h2-6,15-16,19,25-26H,7-14,17-18H2,1H3,(H,31,32)/t25?,26-/m1/s1. The van der Waals surface area contributed by atoms with Gasteiger partial charge in [0.25, 0.3) is 0 Å². The Labute approximate surface area is 201 Å². The second-order valence-corrected chi connectivity index (χ2v) is 10.7. The van der Waals surface area contributed by atoms with Gasteiger partial charge in [-0.3, -0.25) is 4.90 Å². The number of benzene rings is 2. The smallest absolute Gasteiger partial charge is 0.408 e. The maximum Gasteiger partial charge on any atom is 0.408 e. The Bertz CT molecular complexity index is 1070. The third-order valence-corrected chi connectivity index (χ3v) is 8.79. The lowest BCUT2D eigenvalue weighted by molar-refractivity contribution is -0.0243. The summed E-state index contributed by atoms with van der Waals surface area (Å²) in [5.41, 5.74) is 4.92. The summed E-state index contributed by atoms with van der Waals surface area (Å²) < 4.78 is 10.7. The van der Waals surface area contributed by atoms with Crippen LogP contribution in [-0.2, 0) is 11.2 Å². The van der Waals surface area contributed by atoms with Crippen molar-refractivity contribution in [2.45, 2.75) is 50.6 Å². The van der Waals surface area contributed by atoms with Crippen LogP contribution >= 0.6 is 0 Å². The van der Waals surface area contributed by atoms with Crippen molar-refractivity contribution in [2.75, 3.05) is 33.5 Å². The van der Waals surface area contributed by atoms with Crippen LogP contribution in [-0.4, -0.2) is 60.6 Å². The van der Waals surface area contributed by atoms with E-state index in [1.807, 2.05) is 23.1 Å². The first kappa shape index (κ1) is 21.9. The van der Waals surface area contributed by atoms with Gasteiger partial charge in [0.2, 0.25) is 0 Å². The van der Waals surface area contributed by atoms with Crippen LogP contribution in [0.2, 0.25) is 0 Å². The number of ether oxygens (including phenoxy) is 2. The van der Waals surface area contributed by atoms with Crippen molar-refractivity contribution in [1.82, 2.24) is 9.80 Å². The van der Waals surface area contributed by atoms with Gasteiger partial charge in [-0.2, -0.15) is 0 Å². The first-order chi connectivity index (χ1) is 16.6. The van der Waals surface area contributed by atoms with Crippen molar-refractivity contribution < 1.29 is 19.4 Å². The number of amides is 1. The number of methoxy groups -OCH3 is 1. The molecule has 3 saturated heterocycles. The van der Waals surface area contributed by atoms with Crippen LogP contribution in [0.1, 0.15) is 49.3 Å². The van der Waals surface area contributed by atoms with E-state index in [2.05, 4.69) is 29.2 Å². The molecule has 1 saturated carbocycles. The molecule has 3 heterocycles. The number of nitrogens with zero attached hydrogens (tertiary/aromatic N) is 2. The number of carbonyl (C=O) groups is 1. The van der Waals surface area contributed by atoms with Gasteiger partial charge < -0.3 is 19.5 Å². The molecule has 2 bridgehead atoms. The second kappa shape index (κ2) is 8.58. The van der Waals surface area contributed by atoms with Crippen LogP contribution in [0.5, 0.6) is 5.75 Å². The van der Waals surface area contributed by atoms with Gasteiger partial charge in [-0.15, -0.1) is 0 Å². The van der Waals surface area contributed by atoms with Crippen molar-refractivity contribution in [3.63, 3.8) is 0 Å². The predicted octanol–water partition coefficient (Wildman–Crippen LogP) is 5.18. The van der Waals surface area contributed by atoms with Crippen LogP contribution < -0.4 is 4.74 Å². The van der Waals surface area contributed by atoms with Gasteiger partial charge >= 0.3 is 6.09 Å². The van der Waals surface area contributed by atoms with E-state index in [0.29, 0.717) is 5.92 Å². The number of hydrogen-bond donors (Lipinski definition) is 1. The highest BCUT2D eigenvalue weighted by Gasteiger charge is 2.57. The molecule has 6 heteroatoms. The molecule has 7 rings (SSSR count). The van der Waals surface area contributed by atoms with Gasteiger partial charge in [0.15, 0.2) is 6.79 Å².